The normalized spacial score (nSPS) is 12.4. The quantitative estimate of drug-likeness (QED) is 0.650. The van der Waals surface area contributed by atoms with Gasteiger partial charge >= 0.3 is 5.97 Å². The molecule has 0 fully saturated rings. The monoisotopic (exact) mass is 323 g/mol. The van der Waals surface area contributed by atoms with Gasteiger partial charge in [-0.15, -0.1) is 0 Å². The van der Waals surface area contributed by atoms with Crippen molar-refractivity contribution in [3.8, 4) is 11.1 Å². The molecule has 3 rings (SSSR count). The van der Waals surface area contributed by atoms with Crippen molar-refractivity contribution in [2.75, 3.05) is 6.54 Å². The fourth-order valence-electron chi connectivity index (χ4n) is 3.23. The van der Waals surface area contributed by atoms with Crippen molar-refractivity contribution in [2.24, 2.45) is 11.7 Å². The molecule has 0 saturated carbocycles. The number of carboxylic acids is 1. The Morgan fingerprint density at radius 2 is 2.04 bits per heavy atom. The van der Waals surface area contributed by atoms with Gasteiger partial charge in [0, 0.05) is 29.0 Å². The van der Waals surface area contributed by atoms with E-state index >= 15 is 0 Å². The molecule has 5 heteroatoms. The number of benzene rings is 1. The molecule has 0 radical (unpaired) electrons. The highest BCUT2D eigenvalue weighted by atomic mass is 16.4. The van der Waals surface area contributed by atoms with E-state index in [1.165, 1.54) is 0 Å². The number of fused-ring (bicyclic) bond motifs is 1. The summed E-state index contributed by atoms with van der Waals surface area (Å²) in [6.07, 6.45) is 4.48. The number of nitrogens with zero attached hydrogens (tertiary/aromatic N) is 1. The minimum Gasteiger partial charge on any atom is -0.481 e. The van der Waals surface area contributed by atoms with E-state index < -0.39 is 11.9 Å². The zero-order chi connectivity index (χ0) is 17.1. The number of aromatic amines is 1. The number of aryl methyl sites for hydroxylation is 1. The lowest BCUT2D eigenvalue weighted by Crippen LogP contribution is -2.20. The average molecular weight is 323 g/mol. The molecule has 5 nitrogen and oxygen atoms in total. The number of hydrogen-bond acceptors (Lipinski definition) is 3. The second-order valence-corrected chi connectivity index (χ2v) is 6.01. The van der Waals surface area contributed by atoms with E-state index in [2.05, 4.69) is 16.0 Å². The van der Waals surface area contributed by atoms with E-state index in [-0.39, 0.29) is 0 Å². The fraction of sp³-hybridized carbons (Fsp3) is 0.263. The Balaban J connectivity index is 2.14. The maximum atomic E-state index is 11.5. The molecule has 0 spiro atoms. The number of nitrogens with one attached hydrogen (secondary N) is 1. The van der Waals surface area contributed by atoms with E-state index in [0.29, 0.717) is 19.4 Å². The summed E-state index contributed by atoms with van der Waals surface area (Å²) in [6.45, 7) is 2.36. The Morgan fingerprint density at radius 3 is 2.71 bits per heavy atom. The van der Waals surface area contributed by atoms with Crippen LogP contribution in [0.15, 0.2) is 42.7 Å². The molecule has 0 aliphatic heterocycles. The third kappa shape index (κ3) is 3.03. The van der Waals surface area contributed by atoms with Gasteiger partial charge in [-0.1, -0.05) is 12.1 Å². The van der Waals surface area contributed by atoms with Crippen molar-refractivity contribution in [3.05, 3.63) is 54.0 Å². The fourth-order valence-corrected chi connectivity index (χ4v) is 3.23. The SMILES string of the molecule is Cc1[nH]c2cccc(-c3ccncc3)c2c1CC(CCN)C(=O)O. The number of rotatable bonds is 6. The van der Waals surface area contributed by atoms with Gasteiger partial charge in [-0.25, -0.2) is 0 Å². The number of aromatic nitrogens is 2. The van der Waals surface area contributed by atoms with Gasteiger partial charge in [-0.05, 0) is 61.2 Å². The molecular formula is C19H21N3O2. The molecule has 0 bridgehead atoms. The van der Waals surface area contributed by atoms with Gasteiger partial charge in [0.15, 0.2) is 0 Å². The topological polar surface area (TPSA) is 92.0 Å². The molecule has 1 unspecified atom stereocenters. The predicted octanol–water partition coefficient (Wildman–Crippen LogP) is 3.13. The minimum absolute atomic E-state index is 0.371. The van der Waals surface area contributed by atoms with Crippen molar-refractivity contribution < 1.29 is 9.90 Å². The van der Waals surface area contributed by atoms with Gasteiger partial charge < -0.3 is 15.8 Å². The van der Waals surface area contributed by atoms with Crippen molar-refractivity contribution in [1.82, 2.24) is 9.97 Å². The van der Waals surface area contributed by atoms with Crippen molar-refractivity contribution in [1.29, 1.82) is 0 Å². The number of carboxylic acid groups (broad SMARTS) is 1. The first-order valence-electron chi connectivity index (χ1n) is 8.05. The number of H-pyrrole nitrogens is 1. The molecule has 2 heterocycles. The van der Waals surface area contributed by atoms with Crippen molar-refractivity contribution >= 4 is 16.9 Å². The Kier molecular flexibility index (Phi) is 4.62. The van der Waals surface area contributed by atoms with Crippen LogP contribution in [0.3, 0.4) is 0 Å². The lowest BCUT2D eigenvalue weighted by Gasteiger charge is -2.13. The summed E-state index contributed by atoms with van der Waals surface area (Å²) >= 11 is 0. The van der Waals surface area contributed by atoms with Crippen LogP contribution in [0.25, 0.3) is 22.0 Å². The Morgan fingerprint density at radius 1 is 1.29 bits per heavy atom. The Hall–Kier alpha value is -2.66. The molecule has 4 N–H and O–H groups in total. The zero-order valence-electron chi connectivity index (χ0n) is 13.6. The predicted molar refractivity (Wildman–Crippen MR) is 94.8 cm³/mol. The second kappa shape index (κ2) is 6.84. The summed E-state index contributed by atoms with van der Waals surface area (Å²) in [7, 11) is 0. The Labute approximate surface area is 140 Å². The molecule has 0 saturated heterocycles. The number of aliphatic carboxylic acids is 1. The van der Waals surface area contributed by atoms with Gasteiger partial charge in [0.1, 0.15) is 0 Å². The number of carbonyl (C=O) groups is 1. The smallest absolute Gasteiger partial charge is 0.306 e. The molecule has 124 valence electrons. The Bertz CT molecular complexity index is 856. The van der Waals surface area contributed by atoms with E-state index in [1.54, 1.807) is 12.4 Å². The van der Waals surface area contributed by atoms with Crippen LogP contribution in [0.2, 0.25) is 0 Å². The van der Waals surface area contributed by atoms with Crippen LogP contribution < -0.4 is 5.73 Å². The summed E-state index contributed by atoms with van der Waals surface area (Å²) in [5.74, 6) is -1.27. The highest BCUT2D eigenvalue weighted by Gasteiger charge is 2.22. The maximum absolute atomic E-state index is 11.5. The molecule has 0 aliphatic carbocycles. The lowest BCUT2D eigenvalue weighted by molar-refractivity contribution is -0.141. The molecule has 3 aromatic rings. The number of nitrogens with two attached hydrogens (primary N) is 1. The highest BCUT2D eigenvalue weighted by molar-refractivity contribution is 5.98. The van der Waals surface area contributed by atoms with Gasteiger partial charge in [-0.3, -0.25) is 9.78 Å². The lowest BCUT2D eigenvalue weighted by atomic mass is 9.91. The summed E-state index contributed by atoms with van der Waals surface area (Å²) in [5.41, 5.74) is 10.8. The molecule has 2 aromatic heterocycles. The van der Waals surface area contributed by atoms with Crippen LogP contribution in [-0.4, -0.2) is 27.6 Å². The number of pyridine rings is 1. The van der Waals surface area contributed by atoms with Gasteiger partial charge in [-0.2, -0.15) is 0 Å². The van der Waals surface area contributed by atoms with Crippen LogP contribution in [0.4, 0.5) is 0 Å². The minimum atomic E-state index is -0.796. The third-order valence-corrected chi connectivity index (χ3v) is 4.45. The molecule has 1 atom stereocenters. The summed E-state index contributed by atoms with van der Waals surface area (Å²) in [5, 5.41) is 10.6. The van der Waals surface area contributed by atoms with E-state index in [0.717, 1.165) is 33.3 Å². The van der Waals surface area contributed by atoms with Crippen LogP contribution in [-0.2, 0) is 11.2 Å². The van der Waals surface area contributed by atoms with E-state index in [9.17, 15) is 9.90 Å². The molecule has 0 amide bonds. The van der Waals surface area contributed by atoms with E-state index in [1.807, 2.05) is 31.2 Å². The van der Waals surface area contributed by atoms with E-state index in [4.69, 9.17) is 5.73 Å². The van der Waals surface area contributed by atoms with Crippen LogP contribution in [0.1, 0.15) is 17.7 Å². The van der Waals surface area contributed by atoms with Crippen LogP contribution >= 0.6 is 0 Å². The average Bonchev–Trinajstić information content (AvgIpc) is 2.90. The molecular weight excluding hydrogens is 302 g/mol. The summed E-state index contributed by atoms with van der Waals surface area (Å²) in [4.78, 5) is 19.0. The van der Waals surface area contributed by atoms with Gasteiger partial charge in [0.05, 0.1) is 5.92 Å². The number of hydrogen-bond donors (Lipinski definition) is 3. The highest BCUT2D eigenvalue weighted by Crippen LogP contribution is 2.34. The molecule has 1 aromatic carbocycles. The third-order valence-electron chi connectivity index (χ3n) is 4.45. The summed E-state index contributed by atoms with van der Waals surface area (Å²) in [6, 6.07) is 10.0. The molecule has 0 aliphatic rings. The van der Waals surface area contributed by atoms with Gasteiger partial charge in [0.25, 0.3) is 0 Å². The van der Waals surface area contributed by atoms with Crippen molar-refractivity contribution in [2.45, 2.75) is 19.8 Å². The first-order chi connectivity index (χ1) is 11.6. The first kappa shape index (κ1) is 16.2. The second-order valence-electron chi connectivity index (χ2n) is 6.01. The van der Waals surface area contributed by atoms with Gasteiger partial charge in [0.2, 0.25) is 0 Å². The molecule has 24 heavy (non-hydrogen) atoms. The largest absolute Gasteiger partial charge is 0.481 e. The van der Waals surface area contributed by atoms with Crippen LogP contribution in [0, 0.1) is 12.8 Å². The van der Waals surface area contributed by atoms with Crippen LogP contribution in [0.5, 0.6) is 0 Å². The standard InChI is InChI=1S/C19H21N3O2/c1-12-16(11-14(5-8-20)19(23)24)18-15(3-2-4-17(18)22-12)13-6-9-21-10-7-13/h2-4,6-7,9-10,14,22H,5,8,11,20H2,1H3,(H,23,24). The van der Waals surface area contributed by atoms with Crippen molar-refractivity contribution in [3.63, 3.8) is 0 Å². The first-order valence-corrected chi connectivity index (χ1v) is 8.05. The zero-order valence-corrected chi connectivity index (χ0v) is 13.6. The summed E-state index contributed by atoms with van der Waals surface area (Å²) < 4.78 is 0. The maximum Gasteiger partial charge on any atom is 0.306 e.